The Hall–Kier alpha value is -2.54. The van der Waals surface area contributed by atoms with Crippen LogP contribution in [-0.2, 0) is 6.54 Å². The Morgan fingerprint density at radius 3 is 2.69 bits per heavy atom. The summed E-state index contributed by atoms with van der Waals surface area (Å²) in [7, 11) is 1.61. The van der Waals surface area contributed by atoms with Gasteiger partial charge in [0.15, 0.2) is 0 Å². The summed E-state index contributed by atoms with van der Waals surface area (Å²) in [5, 5.41) is 3.89. The van der Waals surface area contributed by atoms with Crippen LogP contribution in [-0.4, -0.2) is 60.6 Å². The van der Waals surface area contributed by atoms with Gasteiger partial charge in [-0.3, -0.25) is 9.69 Å². The lowest BCUT2D eigenvalue weighted by atomic mass is 10.1. The average molecular weight is 358 g/mol. The molecule has 0 atom stereocenters. The van der Waals surface area contributed by atoms with E-state index in [-0.39, 0.29) is 11.6 Å². The minimum atomic E-state index is -0.0751. The highest BCUT2D eigenvalue weighted by Gasteiger charge is 2.21. The molecule has 2 heterocycles. The van der Waals surface area contributed by atoms with Crippen molar-refractivity contribution in [3.63, 3.8) is 0 Å². The lowest BCUT2D eigenvalue weighted by Crippen LogP contribution is -2.51. The van der Waals surface area contributed by atoms with Crippen molar-refractivity contribution in [3.05, 3.63) is 40.2 Å². The Morgan fingerprint density at radius 1 is 1.23 bits per heavy atom. The first-order valence-electron chi connectivity index (χ1n) is 9.05. The molecule has 140 valence electrons. The van der Waals surface area contributed by atoms with Crippen molar-refractivity contribution >= 4 is 16.9 Å². The number of hydrogen-bond acceptors (Lipinski definition) is 4. The number of nitrogens with zero attached hydrogens (tertiary/aromatic N) is 2. The van der Waals surface area contributed by atoms with Crippen LogP contribution in [0.1, 0.15) is 18.9 Å². The third-order valence-corrected chi connectivity index (χ3v) is 4.71. The number of aromatic amines is 1. The third-order valence-electron chi connectivity index (χ3n) is 4.71. The van der Waals surface area contributed by atoms with Gasteiger partial charge in [0.2, 0.25) is 0 Å². The van der Waals surface area contributed by atoms with Gasteiger partial charge in [-0.05, 0) is 30.0 Å². The van der Waals surface area contributed by atoms with Gasteiger partial charge in [-0.1, -0.05) is 6.92 Å². The second kappa shape index (κ2) is 8.23. The Balaban J connectivity index is 1.64. The molecule has 2 aromatic rings. The van der Waals surface area contributed by atoms with Crippen LogP contribution in [0.5, 0.6) is 5.75 Å². The molecule has 26 heavy (non-hydrogen) atoms. The average Bonchev–Trinajstić information content (AvgIpc) is 2.67. The number of ether oxygens (including phenoxy) is 1. The molecule has 0 radical (unpaired) electrons. The maximum Gasteiger partial charge on any atom is 0.317 e. The molecule has 7 heteroatoms. The van der Waals surface area contributed by atoms with Gasteiger partial charge in [-0.25, -0.2) is 4.79 Å². The van der Waals surface area contributed by atoms with Gasteiger partial charge in [-0.15, -0.1) is 0 Å². The van der Waals surface area contributed by atoms with Gasteiger partial charge in [0.1, 0.15) is 5.75 Å². The summed E-state index contributed by atoms with van der Waals surface area (Å²) in [4.78, 5) is 31.4. The Bertz CT molecular complexity index is 825. The number of aromatic nitrogens is 1. The molecule has 0 bridgehead atoms. The zero-order chi connectivity index (χ0) is 18.5. The molecule has 0 spiro atoms. The predicted molar refractivity (Wildman–Crippen MR) is 102 cm³/mol. The summed E-state index contributed by atoms with van der Waals surface area (Å²) in [6, 6.07) is 7.60. The van der Waals surface area contributed by atoms with Crippen LogP contribution >= 0.6 is 0 Å². The molecule has 1 aromatic heterocycles. The van der Waals surface area contributed by atoms with E-state index in [1.807, 2.05) is 36.1 Å². The van der Waals surface area contributed by atoms with E-state index in [0.717, 1.165) is 41.7 Å². The molecule has 1 fully saturated rings. The van der Waals surface area contributed by atoms with E-state index < -0.39 is 0 Å². The first kappa shape index (κ1) is 18.3. The van der Waals surface area contributed by atoms with Crippen LogP contribution in [0.15, 0.2) is 29.1 Å². The van der Waals surface area contributed by atoms with Crippen LogP contribution in [0.3, 0.4) is 0 Å². The number of carbonyl (C=O) groups is 1. The second-order valence-corrected chi connectivity index (χ2v) is 6.57. The summed E-state index contributed by atoms with van der Waals surface area (Å²) in [6.45, 7) is 6.21. The second-order valence-electron chi connectivity index (χ2n) is 6.57. The topological polar surface area (TPSA) is 77.7 Å². The fourth-order valence-corrected chi connectivity index (χ4v) is 3.16. The van der Waals surface area contributed by atoms with Gasteiger partial charge in [0.25, 0.3) is 5.56 Å². The Morgan fingerprint density at radius 2 is 2.00 bits per heavy atom. The Kier molecular flexibility index (Phi) is 5.78. The molecule has 3 rings (SSSR count). The van der Waals surface area contributed by atoms with Crippen LogP contribution in [0.25, 0.3) is 10.9 Å². The fraction of sp³-hybridized carbons (Fsp3) is 0.474. The molecule has 0 aliphatic carbocycles. The number of carbonyl (C=O) groups excluding carboxylic acids is 1. The molecule has 7 nitrogen and oxygen atoms in total. The van der Waals surface area contributed by atoms with Crippen LogP contribution in [0.4, 0.5) is 4.79 Å². The highest BCUT2D eigenvalue weighted by Crippen LogP contribution is 2.19. The summed E-state index contributed by atoms with van der Waals surface area (Å²) < 4.78 is 5.20. The van der Waals surface area contributed by atoms with Crippen molar-refractivity contribution < 1.29 is 9.53 Å². The standard InChI is InChI=1S/C19H26N4O3/c1-3-6-20-19(25)23-9-7-22(8-10-23)13-15-11-14-4-5-16(26-2)12-17(14)21-18(15)24/h4-5,11-12H,3,6-10,13H2,1-2H3,(H,20,25)(H,21,24). The SMILES string of the molecule is CCCNC(=O)N1CCN(Cc2cc3ccc(OC)cc3[nH]c2=O)CC1. The lowest BCUT2D eigenvalue weighted by molar-refractivity contribution is 0.135. The molecule has 1 aromatic carbocycles. The molecule has 0 unspecified atom stereocenters. The summed E-state index contributed by atoms with van der Waals surface area (Å²) in [6.07, 6.45) is 0.933. The fourth-order valence-electron chi connectivity index (χ4n) is 3.16. The number of fused-ring (bicyclic) bond motifs is 1. The quantitative estimate of drug-likeness (QED) is 0.854. The van der Waals surface area contributed by atoms with Gasteiger partial charge < -0.3 is 19.9 Å². The number of hydrogen-bond donors (Lipinski definition) is 2. The van der Waals surface area contributed by atoms with Crippen molar-refractivity contribution in [1.29, 1.82) is 0 Å². The van der Waals surface area contributed by atoms with Gasteiger partial charge in [-0.2, -0.15) is 0 Å². The van der Waals surface area contributed by atoms with E-state index in [2.05, 4.69) is 15.2 Å². The number of amides is 2. The molecule has 1 aliphatic rings. The van der Waals surface area contributed by atoms with Gasteiger partial charge in [0.05, 0.1) is 12.6 Å². The zero-order valence-corrected chi connectivity index (χ0v) is 15.4. The van der Waals surface area contributed by atoms with Crippen LogP contribution in [0.2, 0.25) is 0 Å². The monoisotopic (exact) mass is 358 g/mol. The molecule has 0 saturated carbocycles. The number of H-pyrrole nitrogens is 1. The van der Waals surface area contributed by atoms with Crippen molar-refractivity contribution in [2.24, 2.45) is 0 Å². The van der Waals surface area contributed by atoms with E-state index in [4.69, 9.17) is 4.74 Å². The largest absolute Gasteiger partial charge is 0.497 e. The van der Waals surface area contributed by atoms with Crippen LogP contribution in [0, 0.1) is 0 Å². The number of nitrogens with one attached hydrogen (secondary N) is 2. The van der Waals surface area contributed by atoms with E-state index >= 15 is 0 Å². The van der Waals surface area contributed by atoms with Crippen molar-refractivity contribution in [1.82, 2.24) is 20.1 Å². The lowest BCUT2D eigenvalue weighted by Gasteiger charge is -2.34. The number of methoxy groups -OCH3 is 1. The number of pyridine rings is 1. The summed E-state index contributed by atoms with van der Waals surface area (Å²) >= 11 is 0. The minimum absolute atomic E-state index is 0.00370. The normalized spacial score (nSPS) is 15.2. The summed E-state index contributed by atoms with van der Waals surface area (Å²) in [5.74, 6) is 0.721. The van der Waals surface area contributed by atoms with Gasteiger partial charge >= 0.3 is 6.03 Å². The van der Waals surface area contributed by atoms with Gasteiger partial charge in [0, 0.05) is 50.9 Å². The predicted octanol–water partition coefficient (Wildman–Crippen LogP) is 1.77. The molecule has 1 saturated heterocycles. The third kappa shape index (κ3) is 4.16. The molecule has 2 amide bonds. The minimum Gasteiger partial charge on any atom is -0.497 e. The van der Waals surface area contributed by atoms with Crippen molar-refractivity contribution in [3.8, 4) is 5.75 Å². The van der Waals surface area contributed by atoms with E-state index in [9.17, 15) is 9.59 Å². The van der Waals surface area contributed by atoms with E-state index in [1.165, 1.54) is 0 Å². The molecular formula is C19H26N4O3. The summed E-state index contributed by atoms with van der Waals surface area (Å²) in [5.41, 5.74) is 1.44. The zero-order valence-electron chi connectivity index (χ0n) is 15.4. The van der Waals surface area contributed by atoms with Crippen molar-refractivity contribution in [2.75, 3.05) is 39.8 Å². The Labute approximate surface area is 152 Å². The smallest absolute Gasteiger partial charge is 0.317 e. The maximum atomic E-state index is 12.4. The number of urea groups is 1. The number of benzene rings is 1. The highest BCUT2D eigenvalue weighted by molar-refractivity contribution is 5.80. The van der Waals surface area contributed by atoms with Crippen molar-refractivity contribution in [2.45, 2.75) is 19.9 Å². The molecule has 1 aliphatic heterocycles. The first-order chi connectivity index (χ1) is 12.6. The van der Waals surface area contributed by atoms with E-state index in [0.29, 0.717) is 26.2 Å². The van der Waals surface area contributed by atoms with Crippen LogP contribution < -0.4 is 15.6 Å². The maximum absolute atomic E-state index is 12.4. The van der Waals surface area contributed by atoms with E-state index in [1.54, 1.807) is 7.11 Å². The number of rotatable bonds is 5. The highest BCUT2D eigenvalue weighted by atomic mass is 16.5. The molecule has 2 N–H and O–H groups in total. The number of piperazine rings is 1. The first-order valence-corrected chi connectivity index (χ1v) is 9.05. The molecular weight excluding hydrogens is 332 g/mol.